The summed E-state index contributed by atoms with van der Waals surface area (Å²) < 4.78 is 59.4. The minimum atomic E-state index is -4.37. The summed E-state index contributed by atoms with van der Waals surface area (Å²) in [5, 5.41) is 0.641. The van der Waals surface area contributed by atoms with Crippen molar-refractivity contribution in [1.82, 2.24) is 15.3 Å². The van der Waals surface area contributed by atoms with E-state index in [1.54, 1.807) is 24.3 Å². The number of amides is 1. The van der Waals surface area contributed by atoms with Crippen molar-refractivity contribution in [2.24, 2.45) is 0 Å². The van der Waals surface area contributed by atoms with Crippen LogP contribution in [-0.4, -0.2) is 50.3 Å². The van der Waals surface area contributed by atoms with Crippen LogP contribution in [0.15, 0.2) is 65.7 Å². The molecule has 0 bridgehead atoms. The van der Waals surface area contributed by atoms with Crippen molar-refractivity contribution in [2.75, 3.05) is 20.3 Å². The maximum atomic E-state index is 13.6. The molecule has 198 valence electrons. The van der Waals surface area contributed by atoms with Crippen molar-refractivity contribution in [3.63, 3.8) is 0 Å². The van der Waals surface area contributed by atoms with Gasteiger partial charge in [0.2, 0.25) is 11.9 Å². The van der Waals surface area contributed by atoms with E-state index in [1.807, 2.05) is 0 Å². The van der Waals surface area contributed by atoms with E-state index in [9.17, 15) is 26.8 Å². The summed E-state index contributed by atoms with van der Waals surface area (Å²) in [6.07, 6.45) is 2.00. The Morgan fingerprint density at radius 3 is 2.47 bits per heavy atom. The Hall–Kier alpha value is -3.61. The molecule has 0 fully saturated rings. The van der Waals surface area contributed by atoms with Crippen molar-refractivity contribution >= 4 is 43.1 Å². The van der Waals surface area contributed by atoms with Crippen LogP contribution in [0.3, 0.4) is 0 Å². The Morgan fingerprint density at radius 2 is 1.79 bits per heavy atom. The molecule has 0 saturated heterocycles. The minimum Gasteiger partial charge on any atom is -0.385 e. The van der Waals surface area contributed by atoms with Gasteiger partial charge in [-0.1, -0.05) is 6.07 Å². The lowest BCUT2D eigenvalue weighted by atomic mass is 10.1. The van der Waals surface area contributed by atoms with E-state index in [0.29, 0.717) is 34.4 Å². The molecule has 1 N–H and O–H groups in total. The molecule has 4 aromatic rings. The zero-order chi connectivity index (χ0) is 27.3. The number of fused-ring (bicyclic) bond motifs is 1. The molecule has 0 spiro atoms. The largest absolute Gasteiger partial charge is 0.385 e. The summed E-state index contributed by atoms with van der Waals surface area (Å²) in [5.74, 6) is -2.45. The van der Waals surface area contributed by atoms with E-state index in [0.717, 1.165) is 35.6 Å². The summed E-state index contributed by atoms with van der Waals surface area (Å²) in [5.41, 5.74) is 1.79. The number of sulfone groups is 1. The Morgan fingerprint density at radius 1 is 1.05 bits per heavy atom. The second-order valence-corrected chi connectivity index (χ2v) is 11.4. The molecule has 38 heavy (non-hydrogen) atoms. The van der Waals surface area contributed by atoms with E-state index in [4.69, 9.17) is 4.74 Å². The van der Waals surface area contributed by atoms with Crippen LogP contribution in [0.25, 0.3) is 21.3 Å². The highest BCUT2D eigenvalue weighted by molar-refractivity contribution is 7.92. The lowest BCUT2D eigenvalue weighted by Crippen LogP contribution is -2.37. The summed E-state index contributed by atoms with van der Waals surface area (Å²) >= 11 is 1.00. The second-order valence-electron chi connectivity index (χ2n) is 8.34. The molecule has 2 aromatic carbocycles. The molecular weight excluding hydrogens is 536 g/mol. The molecule has 1 amide bonds. The zero-order valence-corrected chi connectivity index (χ0v) is 21.8. The first-order chi connectivity index (χ1) is 18.2. The molecule has 12 heteroatoms. The number of hydrogen-bond acceptors (Lipinski definition) is 8. The number of Topliss-reactive ketones (excluding diaryl/α,β-unsaturated/α-hetero) is 1. The van der Waals surface area contributed by atoms with Gasteiger partial charge in [-0.2, -0.15) is 4.39 Å². The van der Waals surface area contributed by atoms with Gasteiger partial charge in [0.15, 0.2) is 20.9 Å². The smallest absolute Gasteiger partial charge is 0.246 e. The molecule has 0 aliphatic carbocycles. The van der Waals surface area contributed by atoms with Gasteiger partial charge < -0.3 is 10.1 Å². The quantitative estimate of drug-likeness (QED) is 0.166. The van der Waals surface area contributed by atoms with E-state index >= 15 is 0 Å². The van der Waals surface area contributed by atoms with Crippen LogP contribution in [-0.2, 0) is 24.2 Å². The molecule has 8 nitrogen and oxygen atoms in total. The molecular formula is C26H23F2N3O5S2. The first kappa shape index (κ1) is 27.4. The number of benzene rings is 2. The number of aromatic nitrogens is 2. The Bertz CT molecular complexity index is 1560. The number of pyridine rings is 1. The second kappa shape index (κ2) is 11.8. The van der Waals surface area contributed by atoms with Gasteiger partial charge in [0, 0.05) is 31.9 Å². The fraction of sp³-hybridized carbons (Fsp3) is 0.231. The van der Waals surface area contributed by atoms with Crippen molar-refractivity contribution < 1.29 is 31.5 Å². The third-order valence-corrected chi connectivity index (χ3v) is 8.86. The molecule has 2 heterocycles. The van der Waals surface area contributed by atoms with Crippen molar-refractivity contribution in [3.8, 4) is 11.1 Å². The molecule has 4 rings (SSSR count). The van der Waals surface area contributed by atoms with E-state index < -0.39 is 32.8 Å². The zero-order valence-electron chi connectivity index (χ0n) is 20.2. The van der Waals surface area contributed by atoms with Gasteiger partial charge in [-0.25, -0.2) is 22.8 Å². The Kier molecular flexibility index (Phi) is 8.55. The summed E-state index contributed by atoms with van der Waals surface area (Å²) in [6.45, 7) is 0.0214. The number of carbonyl (C=O) groups is 2. The average molecular weight is 560 g/mol. The normalized spacial score (nSPS) is 12.4. The van der Waals surface area contributed by atoms with E-state index in [2.05, 4.69) is 15.3 Å². The van der Waals surface area contributed by atoms with E-state index in [-0.39, 0.29) is 28.7 Å². The molecule has 0 radical (unpaired) electrons. The highest BCUT2D eigenvalue weighted by Crippen LogP contribution is 2.36. The number of halogens is 2. The highest BCUT2D eigenvalue weighted by atomic mass is 32.2. The van der Waals surface area contributed by atoms with Gasteiger partial charge in [0.25, 0.3) is 0 Å². The number of rotatable bonds is 11. The SMILES string of the molecule is COCCCC(=O)CNC(=O)C(c1nc2ccc(-c3ccc(F)nc3)cc2s1)S(=O)(=O)c1ccc(F)cc1. The fourth-order valence-electron chi connectivity index (χ4n) is 3.71. The fourth-order valence-corrected chi connectivity index (χ4v) is 6.69. The van der Waals surface area contributed by atoms with Gasteiger partial charge in [-0.3, -0.25) is 9.59 Å². The number of thiazole rings is 1. The molecule has 0 aliphatic rings. The number of ether oxygens (including phenoxy) is 1. The van der Waals surface area contributed by atoms with Crippen molar-refractivity contribution in [3.05, 3.63) is 77.6 Å². The van der Waals surface area contributed by atoms with Crippen molar-refractivity contribution in [2.45, 2.75) is 23.0 Å². The van der Waals surface area contributed by atoms with Gasteiger partial charge in [-0.15, -0.1) is 11.3 Å². The Balaban J connectivity index is 1.69. The maximum absolute atomic E-state index is 13.6. The lowest BCUT2D eigenvalue weighted by molar-refractivity contribution is -0.125. The maximum Gasteiger partial charge on any atom is 0.246 e. The number of nitrogens with one attached hydrogen (secondary N) is 1. The standard InChI is InChI=1S/C26H23F2N3O5S2/c1-36-12-2-3-19(32)15-30-25(33)24(38(34,35)20-8-6-18(27)7-9-20)26-31-21-10-4-16(13-22(21)37-26)17-5-11-23(28)29-14-17/h4-11,13-14,24H,2-3,12,15H2,1H3,(H,30,33). The number of hydrogen-bond donors (Lipinski definition) is 1. The van der Waals surface area contributed by atoms with Crippen LogP contribution in [0.4, 0.5) is 8.78 Å². The van der Waals surface area contributed by atoms with Gasteiger partial charge in [0.05, 0.1) is 21.7 Å². The Labute approximate surface area is 221 Å². The number of carbonyl (C=O) groups excluding carboxylic acids is 2. The molecule has 0 aliphatic heterocycles. The number of ketones is 1. The summed E-state index contributed by atoms with van der Waals surface area (Å²) in [7, 11) is -2.86. The average Bonchev–Trinajstić information content (AvgIpc) is 3.30. The third-order valence-electron chi connectivity index (χ3n) is 5.64. The van der Waals surface area contributed by atoms with Crippen LogP contribution in [0.5, 0.6) is 0 Å². The first-order valence-corrected chi connectivity index (χ1v) is 13.9. The highest BCUT2D eigenvalue weighted by Gasteiger charge is 2.38. The molecule has 1 atom stereocenters. The van der Waals surface area contributed by atoms with Crippen LogP contribution in [0.1, 0.15) is 23.1 Å². The van der Waals surface area contributed by atoms with Crippen LogP contribution < -0.4 is 5.32 Å². The number of nitrogens with zero attached hydrogens (tertiary/aromatic N) is 2. The van der Waals surface area contributed by atoms with Crippen LogP contribution in [0.2, 0.25) is 0 Å². The molecule has 1 unspecified atom stereocenters. The predicted molar refractivity (Wildman–Crippen MR) is 138 cm³/mol. The topological polar surface area (TPSA) is 115 Å². The monoisotopic (exact) mass is 559 g/mol. The summed E-state index contributed by atoms with van der Waals surface area (Å²) in [6, 6.07) is 12.0. The number of methoxy groups -OCH3 is 1. The van der Waals surface area contributed by atoms with Crippen molar-refractivity contribution in [1.29, 1.82) is 0 Å². The van der Waals surface area contributed by atoms with E-state index in [1.165, 1.54) is 19.4 Å². The first-order valence-electron chi connectivity index (χ1n) is 11.5. The lowest BCUT2D eigenvalue weighted by Gasteiger charge is -2.15. The third kappa shape index (κ3) is 6.26. The molecule has 0 saturated carbocycles. The predicted octanol–water partition coefficient (Wildman–Crippen LogP) is 4.26. The minimum absolute atomic E-state index is 0.0111. The summed E-state index contributed by atoms with van der Waals surface area (Å²) in [4.78, 5) is 33.2. The molecule has 2 aromatic heterocycles. The van der Waals surface area contributed by atoms with Gasteiger partial charge >= 0.3 is 0 Å². The van der Waals surface area contributed by atoms with Gasteiger partial charge in [0.1, 0.15) is 10.8 Å². The van der Waals surface area contributed by atoms with Crippen LogP contribution >= 0.6 is 11.3 Å². The van der Waals surface area contributed by atoms with Gasteiger partial charge in [-0.05, 0) is 60.5 Å². The van der Waals surface area contributed by atoms with Crippen LogP contribution in [0, 0.1) is 11.8 Å².